The zero-order valence-corrected chi connectivity index (χ0v) is 10.7. The molecule has 8 nitrogen and oxygen atoms in total. The molecule has 0 atom stereocenters. The van der Waals surface area contributed by atoms with Gasteiger partial charge in [-0.15, -0.1) is 0 Å². The van der Waals surface area contributed by atoms with Crippen molar-refractivity contribution in [2.24, 2.45) is 0 Å². The number of nitrogens with zero attached hydrogens (tertiary/aromatic N) is 4. The maximum absolute atomic E-state index is 10.8. The van der Waals surface area contributed by atoms with Gasteiger partial charge in [-0.1, -0.05) is 0 Å². The Morgan fingerprint density at radius 1 is 0.800 bits per heavy atom. The standard InChI is InChI=1S/C12H10N4O4/c1-7-3-9(15(17)18)5-11(13-7)12-6-10(16(19)20)4-8(2)14-12/h3-6H,1-2H3. The van der Waals surface area contributed by atoms with E-state index >= 15 is 0 Å². The van der Waals surface area contributed by atoms with E-state index in [1.54, 1.807) is 13.8 Å². The normalized spacial score (nSPS) is 10.3. The highest BCUT2D eigenvalue weighted by atomic mass is 16.6. The third-order valence-corrected chi connectivity index (χ3v) is 2.56. The molecule has 0 amide bonds. The predicted octanol–water partition coefficient (Wildman–Crippen LogP) is 2.58. The lowest BCUT2D eigenvalue weighted by molar-refractivity contribution is -0.385. The lowest BCUT2D eigenvalue weighted by Crippen LogP contribution is -1.97. The summed E-state index contributed by atoms with van der Waals surface area (Å²) in [5.74, 6) is 0. The summed E-state index contributed by atoms with van der Waals surface area (Å²) < 4.78 is 0. The molecule has 102 valence electrons. The summed E-state index contributed by atoms with van der Waals surface area (Å²) in [5.41, 5.74) is 1.12. The molecule has 0 saturated carbocycles. The van der Waals surface area contributed by atoms with Crippen molar-refractivity contribution in [3.63, 3.8) is 0 Å². The monoisotopic (exact) mass is 274 g/mol. The van der Waals surface area contributed by atoms with Gasteiger partial charge in [-0.05, 0) is 13.8 Å². The Hall–Kier alpha value is -2.90. The molecular formula is C12H10N4O4. The van der Waals surface area contributed by atoms with Gasteiger partial charge in [-0.3, -0.25) is 30.2 Å². The van der Waals surface area contributed by atoms with E-state index in [0.717, 1.165) is 0 Å². The summed E-state index contributed by atoms with van der Waals surface area (Å²) in [7, 11) is 0. The second-order valence-electron chi connectivity index (χ2n) is 4.22. The van der Waals surface area contributed by atoms with Crippen molar-refractivity contribution in [3.8, 4) is 11.4 Å². The molecule has 2 rings (SSSR count). The number of nitro groups is 2. The molecule has 0 aromatic carbocycles. The van der Waals surface area contributed by atoms with Crippen LogP contribution in [0.25, 0.3) is 11.4 Å². The quantitative estimate of drug-likeness (QED) is 0.628. The van der Waals surface area contributed by atoms with Crippen molar-refractivity contribution in [1.29, 1.82) is 0 Å². The molecule has 0 saturated heterocycles. The second-order valence-corrected chi connectivity index (χ2v) is 4.22. The zero-order valence-electron chi connectivity index (χ0n) is 10.7. The molecule has 8 heteroatoms. The van der Waals surface area contributed by atoms with Crippen LogP contribution in [-0.2, 0) is 0 Å². The molecule has 0 bridgehead atoms. The van der Waals surface area contributed by atoms with Gasteiger partial charge < -0.3 is 0 Å². The van der Waals surface area contributed by atoms with E-state index in [4.69, 9.17) is 0 Å². The third-order valence-electron chi connectivity index (χ3n) is 2.56. The fraction of sp³-hybridized carbons (Fsp3) is 0.167. The Balaban J connectivity index is 2.62. The van der Waals surface area contributed by atoms with Crippen LogP contribution < -0.4 is 0 Å². The lowest BCUT2D eigenvalue weighted by atomic mass is 10.2. The summed E-state index contributed by atoms with van der Waals surface area (Å²) in [6, 6.07) is 5.15. The maximum Gasteiger partial charge on any atom is 0.273 e. The van der Waals surface area contributed by atoms with Gasteiger partial charge in [0.1, 0.15) is 0 Å². The van der Waals surface area contributed by atoms with Crippen LogP contribution in [-0.4, -0.2) is 19.8 Å². The predicted molar refractivity (Wildman–Crippen MR) is 70.3 cm³/mol. The first-order valence-electron chi connectivity index (χ1n) is 5.63. The van der Waals surface area contributed by atoms with Gasteiger partial charge in [0.05, 0.1) is 21.2 Å². The highest BCUT2D eigenvalue weighted by molar-refractivity contribution is 5.61. The van der Waals surface area contributed by atoms with E-state index < -0.39 is 9.85 Å². The van der Waals surface area contributed by atoms with Gasteiger partial charge >= 0.3 is 0 Å². The minimum Gasteiger partial charge on any atom is -0.258 e. The van der Waals surface area contributed by atoms with Crippen molar-refractivity contribution in [2.75, 3.05) is 0 Å². The van der Waals surface area contributed by atoms with E-state index in [0.29, 0.717) is 11.4 Å². The largest absolute Gasteiger partial charge is 0.273 e. The molecule has 0 aliphatic rings. The molecule has 2 aromatic heterocycles. The molecule has 0 aliphatic heterocycles. The first-order valence-corrected chi connectivity index (χ1v) is 5.63. The first kappa shape index (κ1) is 13.5. The van der Waals surface area contributed by atoms with Gasteiger partial charge in [0.15, 0.2) is 0 Å². The fourth-order valence-electron chi connectivity index (χ4n) is 1.77. The summed E-state index contributed by atoms with van der Waals surface area (Å²) in [6.45, 7) is 3.22. The highest BCUT2D eigenvalue weighted by Gasteiger charge is 2.15. The Kier molecular flexibility index (Phi) is 3.38. The van der Waals surface area contributed by atoms with Crippen LogP contribution in [0.4, 0.5) is 11.4 Å². The number of aryl methyl sites for hydroxylation is 2. The zero-order chi connectivity index (χ0) is 14.9. The van der Waals surface area contributed by atoms with E-state index in [1.807, 2.05) is 0 Å². The van der Waals surface area contributed by atoms with Crippen LogP contribution in [0.2, 0.25) is 0 Å². The summed E-state index contributed by atoms with van der Waals surface area (Å²) in [6.07, 6.45) is 0. The Labute approximate surface area is 113 Å². The molecule has 2 aromatic rings. The number of hydrogen-bond donors (Lipinski definition) is 0. The van der Waals surface area contributed by atoms with Crippen molar-refractivity contribution in [1.82, 2.24) is 9.97 Å². The van der Waals surface area contributed by atoms with Gasteiger partial charge in [-0.2, -0.15) is 0 Å². The van der Waals surface area contributed by atoms with Crippen LogP contribution >= 0.6 is 0 Å². The molecule has 0 aliphatic carbocycles. The third kappa shape index (κ3) is 2.74. The molecule has 0 N–H and O–H groups in total. The fourth-order valence-corrected chi connectivity index (χ4v) is 1.77. The maximum atomic E-state index is 10.8. The van der Waals surface area contributed by atoms with Crippen LogP contribution in [0, 0.1) is 34.1 Å². The highest BCUT2D eigenvalue weighted by Crippen LogP contribution is 2.25. The Bertz CT molecular complexity index is 653. The molecule has 0 spiro atoms. The molecule has 0 radical (unpaired) electrons. The van der Waals surface area contributed by atoms with E-state index in [9.17, 15) is 20.2 Å². The minimum atomic E-state index is -0.539. The average molecular weight is 274 g/mol. The Morgan fingerprint density at radius 3 is 1.45 bits per heavy atom. The van der Waals surface area contributed by atoms with E-state index in [1.165, 1.54) is 24.3 Å². The summed E-state index contributed by atoms with van der Waals surface area (Å²) in [5, 5.41) is 21.7. The van der Waals surface area contributed by atoms with Crippen LogP contribution in [0.15, 0.2) is 24.3 Å². The minimum absolute atomic E-state index is 0.126. The van der Waals surface area contributed by atoms with Crippen molar-refractivity contribution in [2.45, 2.75) is 13.8 Å². The number of hydrogen-bond acceptors (Lipinski definition) is 6. The first-order chi connectivity index (χ1) is 9.36. The van der Waals surface area contributed by atoms with Gasteiger partial charge in [0.2, 0.25) is 0 Å². The SMILES string of the molecule is Cc1cc([N+](=O)[O-])cc(-c2cc([N+](=O)[O-])cc(C)n2)n1. The molecular weight excluding hydrogens is 264 g/mol. The van der Waals surface area contributed by atoms with Crippen molar-refractivity contribution >= 4 is 11.4 Å². The number of rotatable bonds is 3. The van der Waals surface area contributed by atoms with E-state index in [-0.39, 0.29) is 22.8 Å². The van der Waals surface area contributed by atoms with Gasteiger partial charge in [0.25, 0.3) is 11.4 Å². The second kappa shape index (κ2) is 5.00. The lowest BCUT2D eigenvalue weighted by Gasteiger charge is -2.03. The number of pyridine rings is 2. The Morgan fingerprint density at radius 2 is 1.15 bits per heavy atom. The molecule has 0 fully saturated rings. The van der Waals surface area contributed by atoms with E-state index in [2.05, 4.69) is 9.97 Å². The average Bonchev–Trinajstić information content (AvgIpc) is 2.37. The van der Waals surface area contributed by atoms with Crippen LogP contribution in [0.5, 0.6) is 0 Å². The molecule has 2 heterocycles. The topological polar surface area (TPSA) is 112 Å². The van der Waals surface area contributed by atoms with Crippen LogP contribution in [0.1, 0.15) is 11.4 Å². The van der Waals surface area contributed by atoms with Gasteiger partial charge in [-0.25, -0.2) is 0 Å². The summed E-state index contributed by atoms with van der Waals surface area (Å²) in [4.78, 5) is 28.9. The number of aromatic nitrogens is 2. The van der Waals surface area contributed by atoms with Crippen molar-refractivity contribution < 1.29 is 9.85 Å². The van der Waals surface area contributed by atoms with Gasteiger partial charge in [0, 0.05) is 35.7 Å². The van der Waals surface area contributed by atoms with Crippen molar-refractivity contribution in [3.05, 3.63) is 55.9 Å². The van der Waals surface area contributed by atoms with Crippen LogP contribution in [0.3, 0.4) is 0 Å². The summed E-state index contributed by atoms with van der Waals surface area (Å²) >= 11 is 0. The molecule has 0 unspecified atom stereocenters. The smallest absolute Gasteiger partial charge is 0.258 e. The molecule has 20 heavy (non-hydrogen) atoms.